The molecule has 1 rings (SSSR count). The number of rotatable bonds is 5. The number of urea groups is 1. The lowest BCUT2D eigenvalue weighted by atomic mass is 9.96. The number of nitrogens with one attached hydrogen (secondary N) is 2. The van der Waals surface area contributed by atoms with Crippen molar-refractivity contribution < 1.29 is 14.7 Å². The van der Waals surface area contributed by atoms with Crippen LogP contribution in [0.5, 0.6) is 0 Å². The molecule has 0 aromatic heterocycles. The number of hydrogen-bond acceptors (Lipinski definition) is 4. The number of imide groups is 1. The summed E-state index contributed by atoms with van der Waals surface area (Å²) in [5, 5.41) is 14.7. The largest absolute Gasteiger partial charge is 0.392 e. The first-order chi connectivity index (χ1) is 9.38. The van der Waals surface area contributed by atoms with E-state index < -0.39 is 12.1 Å². The van der Waals surface area contributed by atoms with Crippen molar-refractivity contribution in [3.05, 3.63) is 0 Å². The van der Waals surface area contributed by atoms with Gasteiger partial charge in [0.15, 0.2) is 0 Å². The number of carbonyl (C=O) groups is 2. The zero-order valence-electron chi connectivity index (χ0n) is 12.7. The number of likely N-dealkylation sites (tertiary alicyclic amines) is 1. The molecule has 1 aliphatic heterocycles. The molecule has 0 radical (unpaired) electrons. The molecule has 0 aromatic carbocycles. The number of carbonyl (C=O) groups excluding carboxylic acids is 2. The second-order valence-corrected chi connectivity index (χ2v) is 6.06. The Morgan fingerprint density at radius 1 is 1.40 bits per heavy atom. The van der Waals surface area contributed by atoms with Gasteiger partial charge in [-0.05, 0) is 31.2 Å². The Bertz CT molecular complexity index is 334. The highest BCUT2D eigenvalue weighted by atomic mass is 16.3. The number of piperidine rings is 1. The molecule has 3 amide bonds. The number of amides is 3. The van der Waals surface area contributed by atoms with Gasteiger partial charge in [-0.15, -0.1) is 0 Å². The molecule has 2 unspecified atom stereocenters. The Kier molecular flexibility index (Phi) is 6.95. The fourth-order valence-electron chi connectivity index (χ4n) is 2.15. The van der Waals surface area contributed by atoms with Gasteiger partial charge in [0, 0.05) is 13.1 Å². The third kappa shape index (κ3) is 6.34. The second-order valence-electron chi connectivity index (χ2n) is 6.06. The average Bonchev–Trinajstić information content (AvgIpc) is 2.33. The van der Waals surface area contributed by atoms with Crippen molar-refractivity contribution in [2.75, 3.05) is 26.2 Å². The van der Waals surface area contributed by atoms with Gasteiger partial charge in [0.05, 0.1) is 12.6 Å². The van der Waals surface area contributed by atoms with E-state index in [4.69, 9.17) is 0 Å². The van der Waals surface area contributed by atoms with E-state index in [9.17, 15) is 14.7 Å². The molecular formula is C14H27N3O3. The van der Waals surface area contributed by atoms with Crippen LogP contribution in [0.1, 0.15) is 33.6 Å². The smallest absolute Gasteiger partial charge is 0.321 e. The lowest BCUT2D eigenvalue weighted by molar-refractivity contribution is -0.122. The van der Waals surface area contributed by atoms with Crippen molar-refractivity contribution in [1.82, 2.24) is 15.5 Å². The van der Waals surface area contributed by atoms with Gasteiger partial charge in [-0.25, -0.2) is 4.79 Å². The fraction of sp³-hybridized carbons (Fsp3) is 0.857. The lowest BCUT2D eigenvalue weighted by Crippen LogP contribution is -2.49. The average molecular weight is 285 g/mol. The quantitative estimate of drug-likeness (QED) is 0.689. The van der Waals surface area contributed by atoms with Crippen LogP contribution in [0, 0.1) is 11.8 Å². The highest BCUT2D eigenvalue weighted by Gasteiger charge is 2.25. The van der Waals surface area contributed by atoms with Crippen molar-refractivity contribution >= 4 is 11.9 Å². The topological polar surface area (TPSA) is 81.7 Å². The Hall–Kier alpha value is -1.14. The standard InChI is InChI=1S/C14H27N3O3/c1-10(2)4-6-15-14(20)16-13(19)9-17-7-5-11(3)12(18)8-17/h10-12,18H,4-9H2,1-3H3,(H2,15,16,19,20). The minimum atomic E-state index is -0.443. The van der Waals surface area contributed by atoms with Crippen LogP contribution in [0.15, 0.2) is 0 Å². The maximum Gasteiger partial charge on any atom is 0.321 e. The predicted octanol–water partition coefficient (Wildman–Crippen LogP) is 0.561. The van der Waals surface area contributed by atoms with Crippen LogP contribution in [0.2, 0.25) is 0 Å². The van der Waals surface area contributed by atoms with E-state index in [1.54, 1.807) is 0 Å². The summed E-state index contributed by atoms with van der Waals surface area (Å²) in [4.78, 5) is 25.1. The van der Waals surface area contributed by atoms with Gasteiger partial charge in [0.25, 0.3) is 0 Å². The molecule has 0 aromatic rings. The maximum absolute atomic E-state index is 11.7. The van der Waals surface area contributed by atoms with Crippen LogP contribution < -0.4 is 10.6 Å². The zero-order valence-corrected chi connectivity index (χ0v) is 12.7. The van der Waals surface area contributed by atoms with Gasteiger partial charge in [-0.1, -0.05) is 20.8 Å². The normalized spacial score (nSPS) is 23.6. The number of β-amino-alcohol motifs (C(OH)–C–C–N with tert-alkyl or cyclic N) is 1. The fourth-order valence-corrected chi connectivity index (χ4v) is 2.15. The summed E-state index contributed by atoms with van der Waals surface area (Å²) in [6.45, 7) is 8.15. The third-order valence-electron chi connectivity index (χ3n) is 3.63. The van der Waals surface area contributed by atoms with Crippen molar-refractivity contribution in [2.24, 2.45) is 11.8 Å². The van der Waals surface area contributed by atoms with Gasteiger partial charge in [-0.2, -0.15) is 0 Å². The number of aliphatic hydroxyl groups is 1. The van der Waals surface area contributed by atoms with Crippen molar-refractivity contribution in [3.63, 3.8) is 0 Å². The van der Waals surface area contributed by atoms with Gasteiger partial charge in [-0.3, -0.25) is 15.0 Å². The Morgan fingerprint density at radius 2 is 2.10 bits per heavy atom. The maximum atomic E-state index is 11.7. The number of aliphatic hydroxyl groups excluding tert-OH is 1. The van der Waals surface area contributed by atoms with E-state index in [1.807, 2.05) is 11.8 Å². The zero-order chi connectivity index (χ0) is 15.1. The molecular weight excluding hydrogens is 258 g/mol. The van der Waals surface area contributed by atoms with Gasteiger partial charge < -0.3 is 10.4 Å². The van der Waals surface area contributed by atoms with E-state index in [2.05, 4.69) is 24.5 Å². The highest BCUT2D eigenvalue weighted by molar-refractivity contribution is 5.95. The molecule has 6 heteroatoms. The number of hydrogen-bond donors (Lipinski definition) is 3. The van der Waals surface area contributed by atoms with E-state index in [-0.39, 0.29) is 18.4 Å². The molecule has 1 saturated heterocycles. The molecule has 6 nitrogen and oxygen atoms in total. The molecule has 116 valence electrons. The van der Waals surface area contributed by atoms with Gasteiger partial charge >= 0.3 is 6.03 Å². The van der Waals surface area contributed by atoms with Crippen LogP contribution in [0.3, 0.4) is 0 Å². The summed E-state index contributed by atoms with van der Waals surface area (Å²) in [6, 6.07) is -0.443. The SMILES string of the molecule is CC(C)CCNC(=O)NC(=O)CN1CCC(C)C(O)C1. The Morgan fingerprint density at radius 3 is 2.70 bits per heavy atom. The molecule has 0 saturated carbocycles. The molecule has 3 N–H and O–H groups in total. The highest BCUT2D eigenvalue weighted by Crippen LogP contribution is 2.16. The van der Waals surface area contributed by atoms with E-state index in [0.29, 0.717) is 19.0 Å². The molecule has 1 fully saturated rings. The van der Waals surface area contributed by atoms with Gasteiger partial charge in [0.2, 0.25) is 5.91 Å². The Labute approximate surface area is 120 Å². The van der Waals surface area contributed by atoms with Crippen LogP contribution in [-0.4, -0.2) is 54.2 Å². The second kappa shape index (κ2) is 8.21. The molecule has 2 atom stereocenters. The summed E-state index contributed by atoms with van der Waals surface area (Å²) < 4.78 is 0. The molecule has 20 heavy (non-hydrogen) atoms. The van der Waals surface area contributed by atoms with Crippen molar-refractivity contribution in [1.29, 1.82) is 0 Å². The first-order valence-corrected chi connectivity index (χ1v) is 7.36. The lowest BCUT2D eigenvalue weighted by Gasteiger charge is -2.33. The molecule has 1 heterocycles. The number of nitrogens with zero attached hydrogens (tertiary/aromatic N) is 1. The minimum absolute atomic E-state index is 0.154. The van der Waals surface area contributed by atoms with E-state index >= 15 is 0 Å². The summed E-state index contributed by atoms with van der Waals surface area (Å²) in [5.74, 6) is 0.463. The van der Waals surface area contributed by atoms with Crippen molar-refractivity contribution in [3.8, 4) is 0 Å². The summed E-state index contributed by atoms with van der Waals surface area (Å²) in [7, 11) is 0. The predicted molar refractivity (Wildman–Crippen MR) is 77.2 cm³/mol. The third-order valence-corrected chi connectivity index (χ3v) is 3.63. The molecule has 1 aliphatic rings. The van der Waals surface area contributed by atoms with E-state index in [1.165, 1.54) is 0 Å². The Balaban J connectivity index is 2.21. The minimum Gasteiger partial charge on any atom is -0.392 e. The van der Waals surface area contributed by atoms with E-state index in [0.717, 1.165) is 19.4 Å². The monoisotopic (exact) mass is 285 g/mol. The van der Waals surface area contributed by atoms with Gasteiger partial charge in [0.1, 0.15) is 0 Å². The molecule has 0 aliphatic carbocycles. The van der Waals surface area contributed by atoms with Crippen LogP contribution in [-0.2, 0) is 4.79 Å². The van der Waals surface area contributed by atoms with Crippen LogP contribution in [0.4, 0.5) is 4.79 Å². The van der Waals surface area contributed by atoms with Crippen molar-refractivity contribution in [2.45, 2.75) is 39.7 Å². The molecule has 0 bridgehead atoms. The summed E-state index contributed by atoms with van der Waals surface area (Å²) >= 11 is 0. The summed E-state index contributed by atoms with van der Waals surface area (Å²) in [6.07, 6.45) is 1.36. The van der Waals surface area contributed by atoms with Crippen LogP contribution >= 0.6 is 0 Å². The molecule has 0 spiro atoms. The van der Waals surface area contributed by atoms with Crippen LogP contribution in [0.25, 0.3) is 0 Å². The first kappa shape index (κ1) is 16.9. The first-order valence-electron chi connectivity index (χ1n) is 7.36. The summed E-state index contributed by atoms with van der Waals surface area (Å²) in [5.41, 5.74) is 0.